The first-order valence-electron chi connectivity index (χ1n) is 22.7. The molecular weight excluding hydrogens is 905 g/mol. The predicted octanol–water partition coefficient (Wildman–Crippen LogP) is 8.86. The first kappa shape index (κ1) is 50.1. The number of aromatic hydroxyl groups is 2. The Labute approximate surface area is 404 Å². The second-order valence-electron chi connectivity index (χ2n) is 18.0. The average Bonchev–Trinajstić information content (AvgIpc) is 4.05. The normalized spacial score (nSPS) is 15.5. The Hall–Kier alpha value is -5.81. The van der Waals surface area contributed by atoms with Crippen LogP contribution in [0.1, 0.15) is 67.2 Å². The number of Topliss-reactive ketones (excluding diaryl/α,β-unsaturated/α-hetero) is 2. The molecule has 15 heteroatoms. The number of ketones is 3. The van der Waals surface area contributed by atoms with Gasteiger partial charge in [-0.3, -0.25) is 19.2 Å². The molecule has 0 spiro atoms. The van der Waals surface area contributed by atoms with Crippen LogP contribution in [0.4, 0.5) is 0 Å². The van der Waals surface area contributed by atoms with E-state index in [2.05, 4.69) is 4.98 Å². The molecule has 4 aromatic carbocycles. The number of ether oxygens (including phenoxy) is 4. The molecule has 7 rings (SSSR count). The van der Waals surface area contributed by atoms with Gasteiger partial charge in [0.1, 0.15) is 30.5 Å². The monoisotopic (exact) mass is 962 g/mol. The lowest BCUT2D eigenvalue weighted by Crippen LogP contribution is -2.47. The van der Waals surface area contributed by atoms with E-state index in [0.29, 0.717) is 43.1 Å². The van der Waals surface area contributed by atoms with Crippen molar-refractivity contribution < 1.29 is 53.4 Å². The maximum atomic E-state index is 14.0. The summed E-state index contributed by atoms with van der Waals surface area (Å²) in [7, 11) is 0. The van der Waals surface area contributed by atoms with Crippen LogP contribution in [0.15, 0.2) is 96.5 Å². The van der Waals surface area contributed by atoms with Crippen LogP contribution in [0.5, 0.6) is 17.2 Å². The Kier molecular flexibility index (Phi) is 16.9. The minimum absolute atomic E-state index is 0.0513. The van der Waals surface area contributed by atoms with Gasteiger partial charge in [-0.25, -0.2) is 4.98 Å². The van der Waals surface area contributed by atoms with Crippen LogP contribution in [0.3, 0.4) is 0 Å². The van der Waals surface area contributed by atoms with Crippen LogP contribution in [-0.2, 0) is 35.0 Å². The van der Waals surface area contributed by atoms with E-state index in [0.717, 1.165) is 42.2 Å². The van der Waals surface area contributed by atoms with E-state index in [1.165, 1.54) is 16.2 Å². The number of hydrogen-bond donors (Lipinski definition) is 3. The van der Waals surface area contributed by atoms with Crippen molar-refractivity contribution in [3.63, 3.8) is 0 Å². The topological polar surface area (TPSA) is 182 Å². The average molecular weight is 963 g/mol. The summed E-state index contributed by atoms with van der Waals surface area (Å²) in [6.07, 6.45) is 0.0502. The molecule has 1 aliphatic rings. The third-order valence-corrected chi connectivity index (χ3v) is 14.2. The van der Waals surface area contributed by atoms with E-state index in [-0.39, 0.29) is 87.0 Å². The fourth-order valence-corrected chi connectivity index (χ4v) is 10.3. The molecule has 358 valence electrons. The summed E-state index contributed by atoms with van der Waals surface area (Å²) < 4.78 is 23.4. The first-order chi connectivity index (χ1) is 32.7. The summed E-state index contributed by atoms with van der Waals surface area (Å²) in [6, 6.07) is 25.8. The number of phenols is 2. The second kappa shape index (κ2) is 23.0. The Bertz CT molecular complexity index is 2670. The van der Waals surface area contributed by atoms with Crippen molar-refractivity contribution in [2.75, 3.05) is 52.8 Å². The summed E-state index contributed by atoms with van der Waals surface area (Å²) in [4.78, 5) is 62.2. The molecule has 1 fully saturated rings. The number of carbonyl (C=O) groups is 4. The Morgan fingerprint density at radius 3 is 2.09 bits per heavy atom. The van der Waals surface area contributed by atoms with Crippen molar-refractivity contribution in [3.05, 3.63) is 119 Å². The van der Waals surface area contributed by atoms with Crippen LogP contribution in [0, 0.1) is 18.3 Å². The Balaban J connectivity index is 0.781. The number of β-amino-alcohol motifs (C(OH)–C–C–N with tert-alkyl or cyclic N) is 1. The number of carbonyl (C=O) groups excluding carboxylic acids is 4. The van der Waals surface area contributed by atoms with Crippen LogP contribution in [0.2, 0.25) is 0 Å². The highest BCUT2D eigenvalue weighted by molar-refractivity contribution is 7.22. The number of amides is 1. The van der Waals surface area contributed by atoms with Gasteiger partial charge in [0.05, 0.1) is 61.3 Å². The van der Waals surface area contributed by atoms with Gasteiger partial charge in [-0.05, 0) is 102 Å². The van der Waals surface area contributed by atoms with Crippen molar-refractivity contribution >= 4 is 56.0 Å². The number of hydrogen-bond acceptors (Lipinski definition) is 14. The number of aliphatic hydroxyl groups is 1. The highest BCUT2D eigenvalue weighted by Crippen LogP contribution is 2.42. The number of fused-ring (bicyclic) bond motifs is 1. The third-order valence-electron chi connectivity index (χ3n) is 12.0. The van der Waals surface area contributed by atoms with Crippen molar-refractivity contribution in [2.24, 2.45) is 11.3 Å². The van der Waals surface area contributed by atoms with Gasteiger partial charge < -0.3 is 39.2 Å². The van der Waals surface area contributed by atoms with E-state index in [1.807, 2.05) is 57.5 Å². The molecule has 3 N–H and O–H groups in total. The molecule has 0 bridgehead atoms. The number of likely N-dealkylation sites (tertiary alicyclic amines) is 1. The van der Waals surface area contributed by atoms with E-state index in [9.17, 15) is 34.5 Å². The van der Waals surface area contributed by atoms with Gasteiger partial charge in [0.25, 0.3) is 0 Å². The first-order valence-corrected chi connectivity index (χ1v) is 24.4. The fourth-order valence-electron chi connectivity index (χ4n) is 8.27. The molecule has 68 heavy (non-hydrogen) atoms. The lowest BCUT2D eigenvalue weighted by Gasteiger charge is -2.34. The summed E-state index contributed by atoms with van der Waals surface area (Å²) in [5, 5.41) is 31.2. The zero-order valence-corrected chi connectivity index (χ0v) is 40.4. The Morgan fingerprint density at radius 2 is 1.43 bits per heavy atom. The van der Waals surface area contributed by atoms with Crippen LogP contribution >= 0.6 is 22.7 Å². The number of aromatic nitrogens is 1. The lowest BCUT2D eigenvalue weighted by molar-refractivity contribution is -0.146. The minimum Gasteiger partial charge on any atom is -0.508 e. The van der Waals surface area contributed by atoms with Crippen molar-refractivity contribution in [1.29, 1.82) is 0 Å². The molecule has 2 aromatic heterocycles. The highest BCUT2D eigenvalue weighted by Gasteiger charge is 2.44. The van der Waals surface area contributed by atoms with Gasteiger partial charge in [-0.1, -0.05) is 45.0 Å². The third kappa shape index (κ3) is 12.8. The quantitative estimate of drug-likeness (QED) is 0.0411. The zero-order valence-electron chi connectivity index (χ0n) is 38.8. The van der Waals surface area contributed by atoms with E-state index < -0.39 is 23.5 Å². The van der Waals surface area contributed by atoms with Crippen LogP contribution in [-0.4, -0.2) is 113 Å². The fraction of sp³-hybridized carbons (Fsp3) is 0.377. The van der Waals surface area contributed by atoms with Crippen molar-refractivity contribution in [2.45, 2.75) is 65.5 Å². The number of phenolic OH excluding ortho intramolecular Hbond substituents is 2. The zero-order chi connectivity index (χ0) is 48.4. The number of thiazole rings is 1. The summed E-state index contributed by atoms with van der Waals surface area (Å²) in [5.41, 5.74) is 6.09. The number of aryl methyl sites for hydroxylation is 2. The molecule has 3 heterocycles. The summed E-state index contributed by atoms with van der Waals surface area (Å²) in [5.74, 6) is -0.710. The van der Waals surface area contributed by atoms with Gasteiger partial charge in [-0.15, -0.1) is 22.7 Å². The second-order valence-corrected chi connectivity index (χ2v) is 19.9. The van der Waals surface area contributed by atoms with E-state index in [1.54, 1.807) is 78.1 Å². The van der Waals surface area contributed by atoms with Crippen LogP contribution < -0.4 is 4.74 Å². The minimum atomic E-state index is -0.816. The maximum Gasteiger partial charge on any atom is 0.227 e. The molecule has 13 nitrogen and oxygen atoms in total. The summed E-state index contributed by atoms with van der Waals surface area (Å²) in [6.45, 7) is 9.15. The molecular formula is C53H58N2O11S2. The van der Waals surface area contributed by atoms with Gasteiger partial charge >= 0.3 is 0 Å². The molecule has 1 aliphatic heterocycles. The number of rotatable bonds is 23. The van der Waals surface area contributed by atoms with Crippen LogP contribution in [0.25, 0.3) is 31.0 Å². The molecule has 0 unspecified atom stereocenters. The Morgan fingerprint density at radius 1 is 0.794 bits per heavy atom. The largest absolute Gasteiger partial charge is 0.508 e. The highest BCUT2D eigenvalue weighted by atomic mass is 32.1. The lowest BCUT2D eigenvalue weighted by atomic mass is 9.76. The summed E-state index contributed by atoms with van der Waals surface area (Å²) >= 11 is 2.99. The molecule has 3 atom stereocenters. The van der Waals surface area contributed by atoms with Crippen molar-refractivity contribution in [3.8, 4) is 38.1 Å². The molecule has 0 saturated carbocycles. The molecule has 0 aliphatic carbocycles. The maximum absolute atomic E-state index is 14.0. The molecule has 0 radical (unpaired) electrons. The SMILES string of the molecule is Cc1ncsc1-c1ccc(CCC(=O)[C@@H]2C[C@@H](O)CN2C(=O)[C@@H](CC(=O)COCCOCCOCCOc2ccc(C(=O)c3c(-c4ccc(O)cc4)sc4cc(O)ccc34)cc2)C(C)(C)C)cc1. The predicted molar refractivity (Wildman–Crippen MR) is 263 cm³/mol. The van der Waals surface area contributed by atoms with Gasteiger partial charge in [0.15, 0.2) is 17.3 Å². The smallest absolute Gasteiger partial charge is 0.227 e. The molecule has 6 aromatic rings. The number of benzene rings is 4. The number of thiophene rings is 1. The van der Waals surface area contributed by atoms with Gasteiger partial charge in [0.2, 0.25) is 5.91 Å². The number of aliphatic hydroxyl groups excluding tert-OH is 1. The molecule has 1 amide bonds. The van der Waals surface area contributed by atoms with Crippen molar-refractivity contribution in [1.82, 2.24) is 9.88 Å². The van der Waals surface area contributed by atoms with E-state index >= 15 is 0 Å². The number of nitrogens with zero attached hydrogens (tertiary/aromatic N) is 2. The van der Waals surface area contributed by atoms with E-state index in [4.69, 9.17) is 18.9 Å². The van der Waals surface area contributed by atoms with Gasteiger partial charge in [-0.2, -0.15) is 0 Å². The standard InChI is InChI=1S/C53H58N2O11S2/c1-33-50(67-32-54-33)36-8-5-34(6-9-36)7-20-46(60)45-28-40(58)30-55(45)52(62)44(53(2,3)4)27-41(59)31-65-24-23-63-21-22-64-25-26-66-42-17-12-35(13-18-42)49(61)48-43-19-16-39(57)29-47(43)68-51(48)37-10-14-38(56)15-11-37/h5-6,8-19,29,32,40,44-45,56-58H,7,20-28,30-31H2,1-4H3/t40-,44-,45+/m1/s1. The van der Waals surface area contributed by atoms with Gasteiger partial charge in [0, 0.05) is 57.8 Å². The molecule has 1 saturated heterocycles.